The topological polar surface area (TPSA) is 80.1 Å². The summed E-state index contributed by atoms with van der Waals surface area (Å²) in [5.74, 6) is -0.121. The maximum atomic E-state index is 13.1. The van der Waals surface area contributed by atoms with E-state index in [0.717, 1.165) is 33.1 Å². The van der Waals surface area contributed by atoms with E-state index in [2.05, 4.69) is 15.4 Å². The highest BCUT2D eigenvalue weighted by Gasteiger charge is 2.28. The number of piperidine rings is 1. The van der Waals surface area contributed by atoms with Crippen LogP contribution >= 0.6 is 0 Å². The van der Waals surface area contributed by atoms with E-state index >= 15 is 0 Å². The molecule has 7 nitrogen and oxygen atoms in total. The van der Waals surface area contributed by atoms with E-state index in [0.29, 0.717) is 31.6 Å². The minimum absolute atomic E-state index is 0.0232. The van der Waals surface area contributed by atoms with Crippen LogP contribution in [0.2, 0.25) is 0 Å². The zero-order chi connectivity index (χ0) is 22.2. The van der Waals surface area contributed by atoms with Gasteiger partial charge >= 0.3 is 0 Å². The molecule has 1 fully saturated rings. The van der Waals surface area contributed by atoms with Crippen LogP contribution in [-0.2, 0) is 11.8 Å². The molecular formula is C25H25N5O2. The van der Waals surface area contributed by atoms with Crippen LogP contribution in [0.1, 0.15) is 28.9 Å². The second-order valence-electron chi connectivity index (χ2n) is 8.39. The molecule has 2 aromatic heterocycles. The molecule has 162 valence electrons. The van der Waals surface area contributed by atoms with Crippen LogP contribution in [0.15, 0.2) is 54.7 Å². The van der Waals surface area contributed by atoms with Crippen molar-refractivity contribution < 1.29 is 9.59 Å². The molecular weight excluding hydrogens is 402 g/mol. The number of aromatic nitrogens is 3. The van der Waals surface area contributed by atoms with E-state index in [9.17, 15) is 9.59 Å². The molecule has 2 amide bonds. The Morgan fingerprint density at radius 1 is 1.03 bits per heavy atom. The number of aryl methyl sites for hydroxylation is 2. The Balaban J connectivity index is 1.25. The number of hydrogen-bond donors (Lipinski definition) is 1. The summed E-state index contributed by atoms with van der Waals surface area (Å²) >= 11 is 0. The predicted molar refractivity (Wildman–Crippen MR) is 124 cm³/mol. The number of carbonyl (C=O) groups excluding carboxylic acids is 2. The lowest BCUT2D eigenvalue weighted by Gasteiger charge is -2.31. The lowest BCUT2D eigenvalue weighted by molar-refractivity contribution is -0.121. The number of fused-ring (bicyclic) bond motifs is 2. The molecule has 7 heteroatoms. The number of nitrogens with one attached hydrogen (secondary N) is 1. The van der Waals surface area contributed by atoms with Gasteiger partial charge in [-0.1, -0.05) is 36.4 Å². The van der Waals surface area contributed by atoms with Gasteiger partial charge in [-0.3, -0.25) is 14.3 Å². The second kappa shape index (κ2) is 8.07. The Morgan fingerprint density at radius 3 is 2.59 bits per heavy atom. The molecule has 0 unspecified atom stereocenters. The number of carbonyl (C=O) groups is 2. The van der Waals surface area contributed by atoms with Gasteiger partial charge in [0.25, 0.3) is 5.91 Å². The maximum Gasteiger partial charge on any atom is 0.254 e. The van der Waals surface area contributed by atoms with Gasteiger partial charge < -0.3 is 10.2 Å². The van der Waals surface area contributed by atoms with Gasteiger partial charge in [-0.2, -0.15) is 5.10 Å². The molecule has 1 saturated heterocycles. The molecule has 2 aromatic carbocycles. The SMILES string of the molecule is Cc1nn(C)c2ncc(NC(=O)C3CCN(C(=O)c4cccc5ccccc45)CC3)cc12. The minimum Gasteiger partial charge on any atom is -0.339 e. The number of pyridine rings is 1. The van der Waals surface area contributed by atoms with E-state index < -0.39 is 0 Å². The standard InChI is InChI=1S/C25H25N5O2/c1-16-22-14-19(15-26-23(22)29(2)28-16)27-24(31)18-10-12-30(13-11-18)25(32)21-9-5-7-17-6-3-4-8-20(17)21/h3-9,14-15,18H,10-13H2,1-2H3,(H,27,31). The van der Waals surface area contributed by atoms with Crippen LogP contribution in [-0.4, -0.2) is 44.6 Å². The lowest BCUT2D eigenvalue weighted by Crippen LogP contribution is -2.41. The number of rotatable bonds is 3. The second-order valence-corrected chi connectivity index (χ2v) is 8.39. The van der Waals surface area contributed by atoms with Gasteiger partial charge in [-0.15, -0.1) is 0 Å². The molecule has 0 radical (unpaired) electrons. The van der Waals surface area contributed by atoms with Gasteiger partial charge in [0.05, 0.1) is 17.6 Å². The molecule has 32 heavy (non-hydrogen) atoms. The number of likely N-dealkylation sites (tertiary alicyclic amines) is 1. The molecule has 3 heterocycles. The molecule has 1 aliphatic rings. The van der Waals surface area contributed by atoms with Crippen molar-refractivity contribution in [3.05, 3.63) is 66.0 Å². The number of nitrogens with zero attached hydrogens (tertiary/aromatic N) is 4. The van der Waals surface area contributed by atoms with Crippen LogP contribution in [0.5, 0.6) is 0 Å². The van der Waals surface area contributed by atoms with E-state index in [1.54, 1.807) is 10.9 Å². The fourth-order valence-corrected chi connectivity index (χ4v) is 4.55. The summed E-state index contributed by atoms with van der Waals surface area (Å²) in [6.45, 7) is 3.07. The molecule has 0 saturated carbocycles. The molecule has 4 aromatic rings. The third-order valence-electron chi connectivity index (χ3n) is 6.30. The normalized spacial score (nSPS) is 14.8. The van der Waals surface area contributed by atoms with Crippen molar-refractivity contribution in [2.45, 2.75) is 19.8 Å². The highest BCUT2D eigenvalue weighted by Crippen LogP contribution is 2.25. The van der Waals surface area contributed by atoms with E-state index in [-0.39, 0.29) is 17.7 Å². The number of hydrogen-bond acceptors (Lipinski definition) is 4. The molecule has 1 aliphatic heterocycles. The summed E-state index contributed by atoms with van der Waals surface area (Å²) in [7, 11) is 1.86. The van der Waals surface area contributed by atoms with Crippen molar-refractivity contribution >= 4 is 39.3 Å². The Labute approximate surface area is 186 Å². The first-order chi connectivity index (χ1) is 15.5. The van der Waals surface area contributed by atoms with Crippen LogP contribution in [0.25, 0.3) is 21.8 Å². The van der Waals surface area contributed by atoms with Gasteiger partial charge in [-0.05, 0) is 42.7 Å². The van der Waals surface area contributed by atoms with E-state index in [4.69, 9.17) is 0 Å². The quantitative estimate of drug-likeness (QED) is 0.537. The van der Waals surface area contributed by atoms with Crippen molar-refractivity contribution in [1.82, 2.24) is 19.7 Å². The zero-order valence-electron chi connectivity index (χ0n) is 18.2. The van der Waals surface area contributed by atoms with Crippen molar-refractivity contribution in [1.29, 1.82) is 0 Å². The lowest BCUT2D eigenvalue weighted by atomic mass is 9.94. The smallest absolute Gasteiger partial charge is 0.254 e. The Kier molecular flexibility index (Phi) is 5.09. The van der Waals surface area contributed by atoms with Crippen LogP contribution < -0.4 is 5.32 Å². The fraction of sp³-hybridized carbons (Fsp3) is 0.280. The predicted octanol–water partition coefficient (Wildman–Crippen LogP) is 3.92. The first-order valence-electron chi connectivity index (χ1n) is 10.9. The number of amides is 2. The highest BCUT2D eigenvalue weighted by molar-refractivity contribution is 6.07. The van der Waals surface area contributed by atoms with Crippen LogP contribution in [0, 0.1) is 12.8 Å². The Morgan fingerprint density at radius 2 is 1.78 bits per heavy atom. The third-order valence-corrected chi connectivity index (χ3v) is 6.30. The molecule has 0 aliphatic carbocycles. The zero-order valence-corrected chi connectivity index (χ0v) is 18.2. The van der Waals surface area contributed by atoms with Gasteiger partial charge in [-0.25, -0.2) is 4.98 Å². The van der Waals surface area contributed by atoms with Crippen LogP contribution in [0.4, 0.5) is 5.69 Å². The number of anilines is 1. The van der Waals surface area contributed by atoms with Crippen molar-refractivity contribution in [2.75, 3.05) is 18.4 Å². The first kappa shape index (κ1) is 20.2. The van der Waals surface area contributed by atoms with Gasteiger partial charge in [0.15, 0.2) is 5.65 Å². The third kappa shape index (κ3) is 3.60. The molecule has 0 spiro atoms. The molecule has 1 N–H and O–H groups in total. The molecule has 0 bridgehead atoms. The first-order valence-corrected chi connectivity index (χ1v) is 10.9. The average Bonchev–Trinajstić information content (AvgIpc) is 3.11. The average molecular weight is 428 g/mol. The van der Waals surface area contributed by atoms with E-state index in [1.807, 2.05) is 67.4 Å². The van der Waals surface area contributed by atoms with E-state index in [1.165, 1.54) is 0 Å². The molecule has 5 rings (SSSR count). The van der Waals surface area contributed by atoms with Gasteiger partial charge in [0, 0.05) is 37.0 Å². The summed E-state index contributed by atoms with van der Waals surface area (Å²) in [5, 5.41) is 10.3. The van der Waals surface area contributed by atoms with Crippen LogP contribution in [0.3, 0.4) is 0 Å². The maximum absolute atomic E-state index is 13.1. The van der Waals surface area contributed by atoms with Gasteiger partial charge in [0.1, 0.15) is 0 Å². The fourth-order valence-electron chi connectivity index (χ4n) is 4.55. The van der Waals surface area contributed by atoms with Gasteiger partial charge in [0.2, 0.25) is 5.91 Å². The summed E-state index contributed by atoms with van der Waals surface area (Å²) in [5.41, 5.74) is 3.07. The monoisotopic (exact) mass is 427 g/mol. The largest absolute Gasteiger partial charge is 0.339 e. The summed E-state index contributed by atoms with van der Waals surface area (Å²) in [6.07, 6.45) is 2.95. The van der Waals surface area contributed by atoms with Crippen molar-refractivity contribution in [2.24, 2.45) is 13.0 Å². The summed E-state index contributed by atoms with van der Waals surface area (Å²) in [6, 6.07) is 15.7. The molecule has 0 atom stereocenters. The van der Waals surface area contributed by atoms with Crippen molar-refractivity contribution in [3.8, 4) is 0 Å². The van der Waals surface area contributed by atoms with Crippen molar-refractivity contribution in [3.63, 3.8) is 0 Å². The summed E-state index contributed by atoms with van der Waals surface area (Å²) < 4.78 is 1.74. The Bertz CT molecular complexity index is 1330. The summed E-state index contributed by atoms with van der Waals surface area (Å²) in [4.78, 5) is 32.3. The Hall–Kier alpha value is -3.74. The minimum atomic E-state index is -0.128. The number of benzene rings is 2. The highest BCUT2D eigenvalue weighted by atomic mass is 16.2.